The van der Waals surface area contributed by atoms with Crippen molar-refractivity contribution in [1.29, 1.82) is 5.26 Å². The molecular weight excluding hydrogens is 222 g/mol. The minimum atomic E-state index is 0.0599. The van der Waals surface area contributed by atoms with Crippen molar-refractivity contribution in [1.82, 2.24) is 4.90 Å². The van der Waals surface area contributed by atoms with E-state index in [0.717, 1.165) is 18.7 Å². The van der Waals surface area contributed by atoms with E-state index in [1.165, 1.54) is 5.56 Å². The quantitative estimate of drug-likeness (QED) is 0.814. The minimum Gasteiger partial charge on any atom is -0.320 e. The second-order valence-electron chi connectivity index (χ2n) is 4.43. The van der Waals surface area contributed by atoms with Crippen molar-refractivity contribution in [2.24, 2.45) is 11.7 Å². The Labute approximate surface area is 109 Å². The maximum Gasteiger partial charge on any atom is 0.0666 e. The largest absolute Gasteiger partial charge is 0.320 e. The predicted octanol–water partition coefficient (Wildman–Crippen LogP) is 1.59. The second kappa shape index (κ2) is 7.50. The molecule has 94 valence electrons. The van der Waals surface area contributed by atoms with Crippen molar-refractivity contribution in [3.8, 4) is 17.9 Å². The van der Waals surface area contributed by atoms with E-state index in [9.17, 15) is 0 Å². The van der Waals surface area contributed by atoms with Gasteiger partial charge in [-0.2, -0.15) is 5.26 Å². The third kappa shape index (κ3) is 5.01. The molecule has 0 heterocycles. The van der Waals surface area contributed by atoms with Crippen LogP contribution in [-0.2, 0) is 6.54 Å². The number of nitriles is 1. The van der Waals surface area contributed by atoms with E-state index in [-0.39, 0.29) is 5.92 Å². The summed E-state index contributed by atoms with van der Waals surface area (Å²) < 4.78 is 0. The first-order valence-electron chi connectivity index (χ1n) is 6.01. The SMILES string of the molecule is CC(C#N)CN(C)Cc1ccc(C#CCN)cc1. The summed E-state index contributed by atoms with van der Waals surface area (Å²) in [5.41, 5.74) is 7.53. The van der Waals surface area contributed by atoms with Gasteiger partial charge in [-0.3, -0.25) is 0 Å². The Kier molecular flexibility index (Phi) is 5.94. The zero-order valence-electron chi connectivity index (χ0n) is 11.0. The van der Waals surface area contributed by atoms with Gasteiger partial charge in [0.1, 0.15) is 0 Å². The molecule has 1 rings (SSSR count). The molecule has 0 fully saturated rings. The van der Waals surface area contributed by atoms with E-state index in [0.29, 0.717) is 6.54 Å². The normalized spacial score (nSPS) is 11.5. The lowest BCUT2D eigenvalue weighted by Crippen LogP contribution is -2.23. The molecule has 0 aromatic heterocycles. The first-order valence-corrected chi connectivity index (χ1v) is 6.01. The number of nitrogens with two attached hydrogens (primary N) is 1. The van der Waals surface area contributed by atoms with Gasteiger partial charge in [-0.1, -0.05) is 24.0 Å². The molecule has 0 saturated heterocycles. The zero-order valence-corrected chi connectivity index (χ0v) is 11.0. The Morgan fingerprint density at radius 2 is 2.00 bits per heavy atom. The van der Waals surface area contributed by atoms with Gasteiger partial charge in [0, 0.05) is 18.7 Å². The summed E-state index contributed by atoms with van der Waals surface area (Å²) in [6.45, 7) is 3.94. The van der Waals surface area contributed by atoms with Crippen molar-refractivity contribution in [2.45, 2.75) is 13.5 Å². The van der Waals surface area contributed by atoms with Crippen molar-refractivity contribution < 1.29 is 0 Å². The molecule has 0 spiro atoms. The second-order valence-corrected chi connectivity index (χ2v) is 4.43. The molecule has 3 nitrogen and oxygen atoms in total. The van der Waals surface area contributed by atoms with Crippen LogP contribution in [0.5, 0.6) is 0 Å². The summed E-state index contributed by atoms with van der Waals surface area (Å²) in [6, 6.07) is 10.4. The Hall–Kier alpha value is -1.81. The molecule has 3 heteroatoms. The van der Waals surface area contributed by atoms with Gasteiger partial charge in [0.15, 0.2) is 0 Å². The van der Waals surface area contributed by atoms with Gasteiger partial charge >= 0.3 is 0 Å². The third-order valence-corrected chi connectivity index (χ3v) is 2.55. The van der Waals surface area contributed by atoms with Crippen LogP contribution in [0.15, 0.2) is 24.3 Å². The van der Waals surface area contributed by atoms with Crippen LogP contribution in [0.4, 0.5) is 0 Å². The average molecular weight is 241 g/mol. The number of hydrogen-bond donors (Lipinski definition) is 1. The van der Waals surface area contributed by atoms with Gasteiger partial charge in [0.25, 0.3) is 0 Å². The summed E-state index contributed by atoms with van der Waals surface area (Å²) in [6.07, 6.45) is 0. The Bertz CT molecular complexity index is 459. The highest BCUT2D eigenvalue weighted by Gasteiger charge is 2.05. The first kappa shape index (κ1) is 14.3. The predicted molar refractivity (Wildman–Crippen MR) is 73.5 cm³/mol. The highest BCUT2D eigenvalue weighted by Crippen LogP contribution is 2.07. The monoisotopic (exact) mass is 241 g/mol. The van der Waals surface area contributed by atoms with E-state index in [1.807, 2.05) is 26.1 Å². The molecule has 0 saturated carbocycles. The molecule has 1 atom stereocenters. The van der Waals surface area contributed by atoms with E-state index >= 15 is 0 Å². The van der Waals surface area contributed by atoms with Crippen molar-refractivity contribution in [3.05, 3.63) is 35.4 Å². The van der Waals surface area contributed by atoms with Gasteiger partial charge in [0.2, 0.25) is 0 Å². The molecule has 0 aliphatic carbocycles. The maximum absolute atomic E-state index is 8.77. The minimum absolute atomic E-state index is 0.0599. The molecule has 0 radical (unpaired) electrons. The Balaban J connectivity index is 2.56. The molecular formula is C15H19N3. The van der Waals surface area contributed by atoms with Gasteiger partial charge in [0.05, 0.1) is 18.5 Å². The lowest BCUT2D eigenvalue weighted by molar-refractivity contribution is 0.303. The average Bonchev–Trinajstić information content (AvgIpc) is 2.37. The summed E-state index contributed by atoms with van der Waals surface area (Å²) in [5.74, 6) is 5.88. The summed E-state index contributed by atoms with van der Waals surface area (Å²) >= 11 is 0. The Morgan fingerprint density at radius 1 is 1.33 bits per heavy atom. The summed E-state index contributed by atoms with van der Waals surface area (Å²) in [7, 11) is 2.02. The third-order valence-electron chi connectivity index (χ3n) is 2.55. The van der Waals surface area contributed by atoms with E-state index in [4.69, 9.17) is 11.0 Å². The summed E-state index contributed by atoms with van der Waals surface area (Å²) in [5, 5.41) is 8.77. The zero-order chi connectivity index (χ0) is 13.4. The first-order chi connectivity index (χ1) is 8.65. The van der Waals surface area contributed by atoms with Crippen molar-refractivity contribution in [3.63, 3.8) is 0 Å². The van der Waals surface area contributed by atoms with E-state index < -0.39 is 0 Å². The van der Waals surface area contributed by atoms with Crippen LogP contribution in [0.1, 0.15) is 18.1 Å². The fraction of sp³-hybridized carbons (Fsp3) is 0.400. The van der Waals surface area contributed by atoms with E-state index in [1.54, 1.807) is 0 Å². The van der Waals surface area contributed by atoms with Crippen LogP contribution < -0.4 is 5.73 Å². The molecule has 2 N–H and O–H groups in total. The lowest BCUT2D eigenvalue weighted by Gasteiger charge is -2.17. The molecule has 1 aromatic rings. The highest BCUT2D eigenvalue weighted by molar-refractivity contribution is 5.36. The van der Waals surface area contributed by atoms with Crippen LogP contribution >= 0.6 is 0 Å². The van der Waals surface area contributed by atoms with Crippen LogP contribution in [0.2, 0.25) is 0 Å². The number of rotatable bonds is 4. The molecule has 1 unspecified atom stereocenters. The van der Waals surface area contributed by atoms with Crippen LogP contribution in [0.25, 0.3) is 0 Å². The van der Waals surface area contributed by atoms with Crippen molar-refractivity contribution in [2.75, 3.05) is 20.1 Å². The van der Waals surface area contributed by atoms with Crippen LogP contribution in [0, 0.1) is 29.1 Å². The fourth-order valence-corrected chi connectivity index (χ4v) is 1.73. The lowest BCUT2D eigenvalue weighted by atomic mass is 10.1. The van der Waals surface area contributed by atoms with Gasteiger partial charge in [-0.15, -0.1) is 0 Å². The standard InChI is InChI=1S/C15H19N3/c1-13(10-17)11-18(2)12-15-7-5-14(6-8-15)4-3-9-16/h5-8,13H,9,11-12,16H2,1-2H3. The van der Waals surface area contributed by atoms with Gasteiger partial charge in [-0.25, -0.2) is 0 Å². The summed E-state index contributed by atoms with van der Waals surface area (Å²) in [4.78, 5) is 2.15. The fourth-order valence-electron chi connectivity index (χ4n) is 1.73. The molecule has 18 heavy (non-hydrogen) atoms. The highest BCUT2D eigenvalue weighted by atomic mass is 15.1. The number of hydrogen-bond acceptors (Lipinski definition) is 3. The van der Waals surface area contributed by atoms with Gasteiger partial charge in [-0.05, 0) is 31.7 Å². The number of benzene rings is 1. The molecule has 1 aromatic carbocycles. The molecule has 0 amide bonds. The van der Waals surface area contributed by atoms with E-state index in [2.05, 4.69) is 34.9 Å². The maximum atomic E-state index is 8.77. The van der Waals surface area contributed by atoms with Gasteiger partial charge < -0.3 is 10.6 Å². The molecule has 0 aliphatic rings. The Morgan fingerprint density at radius 3 is 2.56 bits per heavy atom. The van der Waals surface area contributed by atoms with Crippen LogP contribution in [0.3, 0.4) is 0 Å². The molecule has 0 bridgehead atoms. The smallest absolute Gasteiger partial charge is 0.0666 e. The van der Waals surface area contributed by atoms with Crippen molar-refractivity contribution >= 4 is 0 Å². The molecule has 0 aliphatic heterocycles. The number of nitrogens with zero attached hydrogens (tertiary/aromatic N) is 2. The topological polar surface area (TPSA) is 53.0 Å². The van der Waals surface area contributed by atoms with Crippen LogP contribution in [-0.4, -0.2) is 25.0 Å².